The maximum absolute atomic E-state index is 13.4. The highest BCUT2D eigenvalue weighted by Gasteiger charge is 2.34. The summed E-state index contributed by atoms with van der Waals surface area (Å²) in [4.78, 5) is 16.3. The minimum absolute atomic E-state index is 0.00200. The maximum atomic E-state index is 13.4. The molecule has 0 aliphatic heterocycles. The fraction of sp³-hybridized carbons (Fsp3) is 0.385. The summed E-state index contributed by atoms with van der Waals surface area (Å²) in [6.45, 7) is 4.05. The Hall–Kier alpha value is -2.80. The van der Waals surface area contributed by atoms with Crippen LogP contribution in [-0.2, 0) is 17.4 Å². The van der Waals surface area contributed by atoms with Gasteiger partial charge in [-0.2, -0.15) is 13.2 Å². The third kappa shape index (κ3) is 5.63. The predicted molar refractivity (Wildman–Crippen MR) is 129 cm³/mol. The fourth-order valence-corrected chi connectivity index (χ4v) is 4.69. The Kier molecular flexibility index (Phi) is 7.03. The second kappa shape index (κ2) is 9.82. The third-order valence-electron chi connectivity index (χ3n) is 6.58. The molecule has 1 fully saturated rings. The van der Waals surface area contributed by atoms with Gasteiger partial charge in [-0.25, -0.2) is 4.98 Å². The minimum atomic E-state index is -4.54. The van der Waals surface area contributed by atoms with Gasteiger partial charge in [0.25, 0.3) is 0 Å². The molecular weight excluding hydrogens is 463 g/mol. The van der Waals surface area contributed by atoms with E-state index in [-0.39, 0.29) is 23.5 Å². The van der Waals surface area contributed by atoms with Crippen molar-refractivity contribution in [3.05, 3.63) is 69.9 Å². The number of benzene rings is 2. The van der Waals surface area contributed by atoms with E-state index < -0.39 is 11.9 Å². The molecule has 0 unspecified atom stereocenters. The summed E-state index contributed by atoms with van der Waals surface area (Å²) in [7, 11) is 0. The molecule has 2 N–H and O–H groups in total. The van der Waals surface area contributed by atoms with Crippen molar-refractivity contribution < 1.29 is 18.0 Å². The summed E-state index contributed by atoms with van der Waals surface area (Å²) in [5.74, 6) is -0.00491. The van der Waals surface area contributed by atoms with Gasteiger partial charge >= 0.3 is 6.18 Å². The molecule has 180 valence electrons. The highest BCUT2D eigenvalue weighted by Crippen LogP contribution is 2.35. The number of nitrogens with zero attached hydrogens (tertiary/aromatic N) is 1. The quantitative estimate of drug-likeness (QED) is 0.424. The number of aryl methyl sites for hydroxylation is 1. The average Bonchev–Trinajstić information content (AvgIpc) is 2.78. The summed E-state index contributed by atoms with van der Waals surface area (Å²) < 4.78 is 40.1. The van der Waals surface area contributed by atoms with Gasteiger partial charge in [-0.3, -0.25) is 4.79 Å². The van der Waals surface area contributed by atoms with Crippen molar-refractivity contribution in [2.24, 2.45) is 0 Å². The van der Waals surface area contributed by atoms with E-state index >= 15 is 0 Å². The van der Waals surface area contributed by atoms with Crippen LogP contribution in [0.25, 0.3) is 10.9 Å². The van der Waals surface area contributed by atoms with Crippen LogP contribution in [-0.4, -0.2) is 23.0 Å². The molecule has 0 atom stereocenters. The number of aromatic nitrogens is 1. The monoisotopic (exact) mass is 489 g/mol. The molecule has 1 amide bonds. The third-order valence-corrected chi connectivity index (χ3v) is 6.82. The first-order valence-corrected chi connectivity index (χ1v) is 11.8. The smallest absolute Gasteiger partial charge is 0.382 e. The molecule has 0 spiro atoms. The molecule has 1 aliphatic carbocycles. The molecule has 34 heavy (non-hydrogen) atoms. The Labute approximate surface area is 201 Å². The van der Waals surface area contributed by atoms with E-state index in [0.29, 0.717) is 22.5 Å². The second-order valence-electron chi connectivity index (χ2n) is 9.01. The molecule has 2 aromatic carbocycles. The summed E-state index contributed by atoms with van der Waals surface area (Å²) in [6, 6.07) is 11.7. The van der Waals surface area contributed by atoms with E-state index in [9.17, 15) is 18.0 Å². The van der Waals surface area contributed by atoms with Crippen LogP contribution in [0.3, 0.4) is 0 Å². The second-order valence-corrected chi connectivity index (χ2v) is 9.45. The van der Waals surface area contributed by atoms with Gasteiger partial charge in [0.05, 0.1) is 11.9 Å². The zero-order chi connectivity index (χ0) is 24.5. The van der Waals surface area contributed by atoms with E-state index in [4.69, 9.17) is 11.6 Å². The van der Waals surface area contributed by atoms with Crippen molar-refractivity contribution in [2.75, 3.05) is 5.32 Å². The first kappa shape index (κ1) is 24.3. The van der Waals surface area contributed by atoms with E-state index in [2.05, 4.69) is 15.6 Å². The number of carbonyl (C=O) groups is 1. The summed E-state index contributed by atoms with van der Waals surface area (Å²) in [6.07, 6.45) is -1.21. The average molecular weight is 490 g/mol. The van der Waals surface area contributed by atoms with Crippen LogP contribution in [0.4, 0.5) is 18.9 Å². The normalized spacial score (nSPS) is 18.6. The summed E-state index contributed by atoms with van der Waals surface area (Å²) in [5, 5.41) is 7.40. The predicted octanol–water partition coefficient (Wildman–Crippen LogP) is 6.61. The zero-order valence-corrected chi connectivity index (χ0v) is 19.9. The molecule has 8 heteroatoms. The van der Waals surface area contributed by atoms with Gasteiger partial charge in [-0.1, -0.05) is 29.8 Å². The number of pyridine rings is 1. The number of carbonyl (C=O) groups excluding carboxylic acids is 1. The number of alkyl halides is 3. The number of anilines is 1. The highest BCUT2D eigenvalue weighted by molar-refractivity contribution is 6.31. The van der Waals surface area contributed by atoms with Crippen LogP contribution in [0, 0.1) is 13.8 Å². The van der Waals surface area contributed by atoms with Crippen molar-refractivity contribution in [1.29, 1.82) is 0 Å². The summed E-state index contributed by atoms with van der Waals surface area (Å²) >= 11 is 6.09. The van der Waals surface area contributed by atoms with Crippen LogP contribution < -0.4 is 10.6 Å². The molecule has 1 saturated carbocycles. The molecule has 1 heterocycles. The zero-order valence-electron chi connectivity index (χ0n) is 19.1. The Morgan fingerprint density at radius 3 is 2.47 bits per heavy atom. The number of rotatable bonds is 5. The van der Waals surface area contributed by atoms with Crippen LogP contribution in [0.2, 0.25) is 5.02 Å². The van der Waals surface area contributed by atoms with Gasteiger partial charge < -0.3 is 10.6 Å². The minimum Gasteiger partial charge on any atom is -0.382 e. The molecule has 0 radical (unpaired) electrons. The van der Waals surface area contributed by atoms with Gasteiger partial charge in [-0.05, 0) is 80.5 Å². The lowest BCUT2D eigenvalue weighted by molar-refractivity contribution is -0.140. The number of amides is 1. The number of fused-ring (bicyclic) bond motifs is 1. The number of nitrogens with one attached hydrogen (secondary N) is 2. The molecule has 0 bridgehead atoms. The van der Waals surface area contributed by atoms with Crippen LogP contribution >= 0.6 is 11.6 Å². The van der Waals surface area contributed by atoms with Crippen LogP contribution in [0.1, 0.15) is 48.1 Å². The van der Waals surface area contributed by atoms with Crippen molar-refractivity contribution in [1.82, 2.24) is 10.3 Å². The van der Waals surface area contributed by atoms with E-state index in [1.807, 2.05) is 32.0 Å². The molecule has 3 aromatic rings. The Morgan fingerprint density at radius 2 is 1.76 bits per heavy atom. The lowest BCUT2D eigenvalue weighted by Crippen LogP contribution is -2.40. The Bertz CT molecular complexity index is 1200. The lowest BCUT2D eigenvalue weighted by atomic mass is 9.90. The van der Waals surface area contributed by atoms with Crippen molar-refractivity contribution >= 4 is 34.1 Å². The first-order chi connectivity index (χ1) is 16.1. The number of hydrogen-bond acceptors (Lipinski definition) is 3. The number of hydrogen-bond donors (Lipinski definition) is 2. The van der Waals surface area contributed by atoms with E-state index in [0.717, 1.165) is 48.4 Å². The van der Waals surface area contributed by atoms with Crippen LogP contribution in [0.15, 0.2) is 42.5 Å². The standard InChI is InChI=1S/C26H27ClF3N3O/c1-15-4-3-5-17(16(15)2)12-25(34)32-20-9-7-19(8-10-20)31-23-14-24(26(28,29)30)33-22-11-6-18(27)13-21(22)23/h3-6,11,13-14,19-20H,7-10,12H2,1-2H3,(H,31,33)(H,32,34). The fourth-order valence-electron chi connectivity index (χ4n) is 4.52. The van der Waals surface area contributed by atoms with Gasteiger partial charge in [-0.15, -0.1) is 0 Å². The van der Waals surface area contributed by atoms with Gasteiger partial charge in [0.15, 0.2) is 0 Å². The summed E-state index contributed by atoms with van der Waals surface area (Å²) in [5.41, 5.74) is 3.01. The molecule has 0 saturated heterocycles. The van der Waals surface area contributed by atoms with Gasteiger partial charge in [0.2, 0.25) is 5.91 Å². The van der Waals surface area contributed by atoms with Crippen LogP contribution in [0.5, 0.6) is 0 Å². The number of halogens is 4. The Balaban J connectivity index is 1.40. The van der Waals surface area contributed by atoms with Gasteiger partial charge in [0, 0.05) is 28.2 Å². The topological polar surface area (TPSA) is 54.0 Å². The Morgan fingerprint density at radius 1 is 1.06 bits per heavy atom. The van der Waals surface area contributed by atoms with E-state index in [1.54, 1.807) is 6.07 Å². The molecule has 1 aromatic heterocycles. The largest absolute Gasteiger partial charge is 0.433 e. The highest BCUT2D eigenvalue weighted by atomic mass is 35.5. The maximum Gasteiger partial charge on any atom is 0.433 e. The SMILES string of the molecule is Cc1cccc(CC(=O)NC2CCC(Nc3cc(C(F)(F)F)nc4ccc(Cl)cc34)CC2)c1C. The molecule has 4 nitrogen and oxygen atoms in total. The van der Waals surface area contributed by atoms with Gasteiger partial charge in [0.1, 0.15) is 5.69 Å². The van der Waals surface area contributed by atoms with E-state index in [1.165, 1.54) is 12.1 Å². The molecule has 4 rings (SSSR count). The van der Waals surface area contributed by atoms with Crippen molar-refractivity contribution in [3.63, 3.8) is 0 Å². The van der Waals surface area contributed by atoms with Crippen molar-refractivity contribution in [2.45, 2.75) is 64.2 Å². The van der Waals surface area contributed by atoms with Crippen molar-refractivity contribution in [3.8, 4) is 0 Å². The molecule has 1 aliphatic rings. The molecular formula is C26H27ClF3N3O. The lowest BCUT2D eigenvalue weighted by Gasteiger charge is -2.31. The first-order valence-electron chi connectivity index (χ1n) is 11.4.